The van der Waals surface area contributed by atoms with Gasteiger partial charge in [-0.05, 0) is 105 Å². The van der Waals surface area contributed by atoms with Gasteiger partial charge in [0.25, 0.3) is 0 Å². The lowest BCUT2D eigenvalue weighted by molar-refractivity contribution is 0.312. The molecular formula is C31H32FN5. The van der Waals surface area contributed by atoms with Crippen molar-refractivity contribution in [2.45, 2.75) is 52.1 Å². The first kappa shape index (κ1) is 23.8. The molecule has 3 aromatic carbocycles. The van der Waals surface area contributed by atoms with Crippen molar-refractivity contribution in [3.8, 4) is 28.5 Å². The maximum Gasteiger partial charge on any atom is 0.131 e. The minimum atomic E-state index is -0.282. The van der Waals surface area contributed by atoms with Gasteiger partial charge in [0, 0.05) is 41.2 Å². The fourth-order valence-electron chi connectivity index (χ4n) is 6.23. The SMILES string of the molecule is Cc1cc(-c2n[nH]c3cc(C#N)c(-c4c(C)cc(C5CCCCN5)cc4F)cc23)cc2c1CCN(C)C2. The summed E-state index contributed by atoms with van der Waals surface area (Å²) < 4.78 is 15.7. The molecule has 5 nitrogen and oxygen atoms in total. The van der Waals surface area contributed by atoms with Crippen LogP contribution < -0.4 is 5.32 Å². The van der Waals surface area contributed by atoms with Crippen molar-refractivity contribution in [3.63, 3.8) is 0 Å². The molecule has 0 radical (unpaired) electrons. The van der Waals surface area contributed by atoms with Crippen LogP contribution in [0.5, 0.6) is 0 Å². The van der Waals surface area contributed by atoms with Crippen LogP contribution in [-0.2, 0) is 13.0 Å². The third kappa shape index (κ3) is 4.22. The maximum absolute atomic E-state index is 15.7. The third-order valence-corrected chi connectivity index (χ3v) is 8.14. The second kappa shape index (κ2) is 9.41. The molecule has 2 N–H and O–H groups in total. The van der Waals surface area contributed by atoms with Crippen molar-refractivity contribution >= 4 is 10.9 Å². The van der Waals surface area contributed by atoms with E-state index < -0.39 is 0 Å². The Hall–Kier alpha value is -3.53. The first-order valence-corrected chi connectivity index (χ1v) is 13.2. The number of H-pyrrole nitrogens is 1. The zero-order valence-corrected chi connectivity index (χ0v) is 21.7. The predicted octanol–water partition coefficient (Wildman–Crippen LogP) is 6.33. The largest absolute Gasteiger partial charge is 0.310 e. The Labute approximate surface area is 217 Å². The minimum Gasteiger partial charge on any atom is -0.310 e. The average molecular weight is 494 g/mol. The van der Waals surface area contributed by atoms with Crippen LogP contribution in [0.3, 0.4) is 0 Å². The summed E-state index contributed by atoms with van der Waals surface area (Å²) in [7, 11) is 2.15. The van der Waals surface area contributed by atoms with Crippen LogP contribution in [0.2, 0.25) is 0 Å². The van der Waals surface area contributed by atoms with Crippen molar-refractivity contribution in [2.75, 3.05) is 20.1 Å². The molecule has 0 aliphatic carbocycles. The summed E-state index contributed by atoms with van der Waals surface area (Å²) in [6.45, 7) is 7.06. The van der Waals surface area contributed by atoms with Crippen LogP contribution in [0.25, 0.3) is 33.3 Å². The Morgan fingerprint density at radius 2 is 1.95 bits per heavy atom. The molecule has 2 aliphatic heterocycles. The molecule has 0 spiro atoms. The van der Waals surface area contributed by atoms with E-state index in [0.29, 0.717) is 16.7 Å². The topological polar surface area (TPSA) is 67.7 Å². The van der Waals surface area contributed by atoms with Gasteiger partial charge >= 0.3 is 0 Å². The number of nitrogens with one attached hydrogen (secondary N) is 2. The van der Waals surface area contributed by atoms with Crippen molar-refractivity contribution in [1.82, 2.24) is 20.4 Å². The van der Waals surface area contributed by atoms with E-state index in [4.69, 9.17) is 0 Å². The van der Waals surface area contributed by atoms with Gasteiger partial charge < -0.3 is 10.2 Å². The smallest absolute Gasteiger partial charge is 0.131 e. The van der Waals surface area contributed by atoms with Gasteiger partial charge in [-0.1, -0.05) is 12.5 Å². The average Bonchev–Trinajstić information content (AvgIpc) is 3.31. The first-order chi connectivity index (χ1) is 17.9. The van der Waals surface area contributed by atoms with Gasteiger partial charge in [-0.2, -0.15) is 10.4 Å². The maximum atomic E-state index is 15.7. The van der Waals surface area contributed by atoms with Gasteiger partial charge in [0.15, 0.2) is 0 Å². The molecule has 37 heavy (non-hydrogen) atoms. The second-order valence-electron chi connectivity index (χ2n) is 10.7. The van der Waals surface area contributed by atoms with Gasteiger partial charge in [0.05, 0.1) is 22.8 Å². The van der Waals surface area contributed by atoms with E-state index in [2.05, 4.69) is 58.7 Å². The summed E-state index contributed by atoms with van der Waals surface area (Å²) >= 11 is 0. The van der Waals surface area contributed by atoms with E-state index in [1.54, 1.807) is 12.1 Å². The number of likely N-dealkylation sites (N-methyl/N-ethyl adjacent to an activating group) is 1. The van der Waals surface area contributed by atoms with Crippen molar-refractivity contribution < 1.29 is 4.39 Å². The number of piperidine rings is 1. The highest BCUT2D eigenvalue weighted by Crippen LogP contribution is 2.38. The number of fused-ring (bicyclic) bond motifs is 2. The minimum absolute atomic E-state index is 0.181. The van der Waals surface area contributed by atoms with E-state index in [9.17, 15) is 5.26 Å². The Balaban J connectivity index is 1.48. The fourth-order valence-corrected chi connectivity index (χ4v) is 6.23. The van der Waals surface area contributed by atoms with E-state index in [-0.39, 0.29) is 11.9 Å². The summed E-state index contributed by atoms with van der Waals surface area (Å²) in [5.41, 5.74) is 10.1. The number of aromatic amines is 1. The molecule has 0 bridgehead atoms. The second-order valence-corrected chi connectivity index (χ2v) is 10.7. The quantitative estimate of drug-likeness (QED) is 0.350. The summed E-state index contributed by atoms with van der Waals surface area (Å²) in [6, 6.07) is 14.4. The number of nitriles is 1. The number of halogens is 1. The molecule has 4 aromatic rings. The number of aromatic nitrogens is 2. The molecule has 1 unspecified atom stereocenters. The number of hydrogen-bond donors (Lipinski definition) is 2. The zero-order chi connectivity index (χ0) is 25.7. The van der Waals surface area contributed by atoms with Gasteiger partial charge in [-0.3, -0.25) is 5.10 Å². The van der Waals surface area contributed by atoms with E-state index in [1.807, 2.05) is 13.0 Å². The molecule has 1 fully saturated rings. The lowest BCUT2D eigenvalue weighted by Crippen LogP contribution is -2.27. The van der Waals surface area contributed by atoms with Gasteiger partial charge in [-0.15, -0.1) is 0 Å². The number of benzene rings is 3. The zero-order valence-electron chi connectivity index (χ0n) is 21.7. The van der Waals surface area contributed by atoms with Crippen LogP contribution in [0.15, 0.2) is 36.4 Å². The number of hydrogen-bond acceptors (Lipinski definition) is 4. The Kier molecular flexibility index (Phi) is 6.06. The van der Waals surface area contributed by atoms with E-state index in [1.165, 1.54) is 16.7 Å². The molecule has 2 aliphatic rings. The highest BCUT2D eigenvalue weighted by atomic mass is 19.1. The third-order valence-electron chi connectivity index (χ3n) is 8.14. The lowest BCUT2D eigenvalue weighted by atomic mass is 9.89. The van der Waals surface area contributed by atoms with Crippen LogP contribution in [-0.4, -0.2) is 35.2 Å². The molecule has 1 atom stereocenters. The lowest BCUT2D eigenvalue weighted by Gasteiger charge is -2.27. The Bertz CT molecular complexity index is 1530. The summed E-state index contributed by atoms with van der Waals surface area (Å²) in [5, 5.41) is 22.2. The Morgan fingerprint density at radius 3 is 2.70 bits per heavy atom. The van der Waals surface area contributed by atoms with Crippen LogP contribution in [0.4, 0.5) is 4.39 Å². The van der Waals surface area contributed by atoms with Gasteiger partial charge in [0.2, 0.25) is 0 Å². The molecule has 6 rings (SSSR count). The van der Waals surface area contributed by atoms with Gasteiger partial charge in [0.1, 0.15) is 5.82 Å². The standard InChI is InChI=1S/C31H32FN5/c1-18-10-21(12-23-17-37(3)9-7-24(18)23)31-26-15-25(22(16-33)14-29(26)35-36-31)30-19(2)11-20(13-27(30)32)28-6-4-5-8-34-28/h10-15,28,34H,4-9,17H2,1-3H3,(H,35,36). The van der Waals surface area contributed by atoms with E-state index in [0.717, 1.165) is 78.6 Å². The molecule has 1 aromatic heterocycles. The monoisotopic (exact) mass is 493 g/mol. The molecule has 6 heteroatoms. The summed E-state index contributed by atoms with van der Waals surface area (Å²) in [5.74, 6) is -0.282. The Morgan fingerprint density at radius 1 is 1.08 bits per heavy atom. The number of nitrogens with zero attached hydrogens (tertiary/aromatic N) is 3. The molecule has 0 saturated carbocycles. The summed E-state index contributed by atoms with van der Waals surface area (Å²) in [4.78, 5) is 2.34. The van der Waals surface area contributed by atoms with Crippen molar-refractivity contribution in [2.24, 2.45) is 0 Å². The summed E-state index contributed by atoms with van der Waals surface area (Å²) in [6.07, 6.45) is 4.38. The molecule has 0 amide bonds. The number of rotatable bonds is 3. The van der Waals surface area contributed by atoms with Crippen LogP contribution in [0.1, 0.15) is 58.7 Å². The van der Waals surface area contributed by atoms with E-state index >= 15 is 4.39 Å². The molecule has 188 valence electrons. The van der Waals surface area contributed by atoms with Crippen molar-refractivity contribution in [3.05, 3.63) is 75.6 Å². The van der Waals surface area contributed by atoms with Crippen LogP contribution in [0, 0.1) is 31.0 Å². The molecular weight excluding hydrogens is 461 g/mol. The van der Waals surface area contributed by atoms with Crippen molar-refractivity contribution in [1.29, 1.82) is 5.26 Å². The van der Waals surface area contributed by atoms with Crippen LogP contribution >= 0.6 is 0 Å². The molecule has 3 heterocycles. The first-order valence-electron chi connectivity index (χ1n) is 13.2. The predicted molar refractivity (Wildman–Crippen MR) is 146 cm³/mol. The molecule has 1 saturated heterocycles. The highest BCUT2D eigenvalue weighted by Gasteiger charge is 2.22. The number of aryl methyl sites for hydroxylation is 2. The highest BCUT2D eigenvalue weighted by molar-refractivity contribution is 5.98. The van der Waals surface area contributed by atoms with Gasteiger partial charge in [-0.25, -0.2) is 4.39 Å². The normalized spacial score (nSPS) is 18.1. The fraction of sp³-hybridized carbons (Fsp3) is 0.355.